The molecule has 4 heteroatoms. The van der Waals surface area contributed by atoms with Crippen LogP contribution in [0.3, 0.4) is 0 Å². The number of amides is 1. The van der Waals surface area contributed by atoms with Crippen molar-refractivity contribution in [2.24, 2.45) is 11.7 Å². The summed E-state index contributed by atoms with van der Waals surface area (Å²) in [6, 6.07) is 7.67. The molecule has 0 spiro atoms. The number of carbonyl (C=O) groups excluding carboxylic acids is 1. The quantitative estimate of drug-likeness (QED) is 0.788. The van der Waals surface area contributed by atoms with Crippen LogP contribution >= 0.6 is 12.2 Å². The van der Waals surface area contributed by atoms with Gasteiger partial charge in [-0.25, -0.2) is 0 Å². The van der Waals surface area contributed by atoms with Crippen molar-refractivity contribution in [2.45, 2.75) is 20.3 Å². The molecule has 0 aliphatic heterocycles. The summed E-state index contributed by atoms with van der Waals surface area (Å²) in [4.78, 5) is 12.1. The highest BCUT2D eigenvalue weighted by atomic mass is 32.1. The van der Waals surface area contributed by atoms with Crippen LogP contribution in [0.5, 0.6) is 0 Å². The Balaban J connectivity index is 2.60. The van der Waals surface area contributed by atoms with Crippen molar-refractivity contribution in [3.05, 3.63) is 29.8 Å². The van der Waals surface area contributed by atoms with E-state index in [0.29, 0.717) is 11.4 Å². The van der Waals surface area contributed by atoms with Crippen LogP contribution in [0.1, 0.15) is 18.9 Å². The van der Waals surface area contributed by atoms with Crippen LogP contribution in [0, 0.1) is 12.8 Å². The second-order valence-corrected chi connectivity index (χ2v) is 4.45. The number of hydrogen-bond acceptors (Lipinski definition) is 2. The summed E-state index contributed by atoms with van der Waals surface area (Å²) in [5.74, 6) is -0.253. The van der Waals surface area contributed by atoms with Crippen molar-refractivity contribution in [3.8, 4) is 0 Å². The molecule has 0 fully saturated rings. The normalized spacial score (nSPS) is 11.9. The number of nitrogens with two attached hydrogens (primary N) is 1. The first-order valence-corrected chi connectivity index (χ1v) is 5.55. The Kier molecular flexibility index (Phi) is 4.43. The largest absolute Gasteiger partial charge is 0.393 e. The van der Waals surface area contributed by atoms with Gasteiger partial charge in [-0.1, -0.05) is 31.3 Å². The van der Waals surface area contributed by atoms with Gasteiger partial charge in [0.05, 0.1) is 4.99 Å². The van der Waals surface area contributed by atoms with E-state index in [1.807, 2.05) is 38.1 Å². The summed E-state index contributed by atoms with van der Waals surface area (Å²) in [6.07, 6.45) is 0.437. The van der Waals surface area contributed by atoms with Crippen molar-refractivity contribution >= 4 is 28.8 Å². The van der Waals surface area contributed by atoms with Crippen molar-refractivity contribution in [1.82, 2.24) is 0 Å². The van der Waals surface area contributed by atoms with E-state index in [1.165, 1.54) is 0 Å². The van der Waals surface area contributed by atoms with Crippen molar-refractivity contribution in [3.63, 3.8) is 0 Å². The van der Waals surface area contributed by atoms with Crippen LogP contribution < -0.4 is 11.1 Å². The fraction of sp³-hybridized carbons (Fsp3) is 0.333. The summed E-state index contributed by atoms with van der Waals surface area (Å²) < 4.78 is 0. The predicted molar refractivity (Wildman–Crippen MR) is 70.4 cm³/mol. The number of hydrogen-bond donors (Lipinski definition) is 2. The van der Waals surface area contributed by atoms with Gasteiger partial charge in [0.15, 0.2) is 0 Å². The van der Waals surface area contributed by atoms with E-state index in [-0.39, 0.29) is 11.8 Å². The van der Waals surface area contributed by atoms with Crippen LogP contribution in [0.4, 0.5) is 5.69 Å². The van der Waals surface area contributed by atoms with E-state index >= 15 is 0 Å². The average molecular weight is 236 g/mol. The van der Waals surface area contributed by atoms with Crippen LogP contribution in [0.2, 0.25) is 0 Å². The van der Waals surface area contributed by atoms with Gasteiger partial charge < -0.3 is 11.1 Å². The van der Waals surface area contributed by atoms with E-state index < -0.39 is 0 Å². The van der Waals surface area contributed by atoms with E-state index in [2.05, 4.69) is 5.32 Å². The summed E-state index contributed by atoms with van der Waals surface area (Å²) >= 11 is 4.77. The minimum Gasteiger partial charge on any atom is -0.393 e. The minimum absolute atomic E-state index is 0.0570. The zero-order valence-corrected chi connectivity index (χ0v) is 10.3. The lowest BCUT2D eigenvalue weighted by atomic mass is 10.1. The maximum atomic E-state index is 11.7. The summed E-state index contributed by atoms with van der Waals surface area (Å²) in [5.41, 5.74) is 7.32. The molecule has 16 heavy (non-hydrogen) atoms. The molecular weight excluding hydrogens is 220 g/mol. The maximum absolute atomic E-state index is 11.7. The first-order chi connectivity index (χ1) is 7.49. The third-order valence-electron chi connectivity index (χ3n) is 2.24. The standard InChI is InChI=1S/C12H16N2OS/c1-8-4-3-5-10(6-8)14-12(15)9(2)7-11(13)16/h3-6,9H,7H2,1-2H3,(H2,13,16)(H,14,15). The number of aryl methyl sites for hydroxylation is 1. The number of thiocarbonyl (C=S) groups is 1. The Bertz CT molecular complexity index is 404. The molecule has 3 N–H and O–H groups in total. The molecule has 0 bridgehead atoms. The Morgan fingerprint density at radius 2 is 2.25 bits per heavy atom. The highest BCUT2D eigenvalue weighted by Crippen LogP contribution is 2.12. The second kappa shape index (κ2) is 5.61. The molecule has 1 aromatic carbocycles. The van der Waals surface area contributed by atoms with Gasteiger partial charge in [0.2, 0.25) is 5.91 Å². The zero-order valence-electron chi connectivity index (χ0n) is 9.49. The van der Waals surface area contributed by atoms with Crippen molar-refractivity contribution in [1.29, 1.82) is 0 Å². The highest BCUT2D eigenvalue weighted by molar-refractivity contribution is 7.80. The van der Waals surface area contributed by atoms with Gasteiger partial charge in [0.1, 0.15) is 0 Å². The van der Waals surface area contributed by atoms with Crippen LogP contribution in [-0.4, -0.2) is 10.9 Å². The molecule has 1 atom stereocenters. The topological polar surface area (TPSA) is 55.1 Å². The monoisotopic (exact) mass is 236 g/mol. The van der Waals surface area contributed by atoms with Crippen LogP contribution in [0.25, 0.3) is 0 Å². The Morgan fingerprint density at radius 1 is 1.56 bits per heavy atom. The lowest BCUT2D eigenvalue weighted by Crippen LogP contribution is -2.24. The summed E-state index contributed by atoms with van der Waals surface area (Å²) in [6.45, 7) is 3.79. The van der Waals surface area contributed by atoms with Gasteiger partial charge in [-0.3, -0.25) is 4.79 Å². The Morgan fingerprint density at radius 3 is 2.81 bits per heavy atom. The van der Waals surface area contributed by atoms with Gasteiger partial charge in [-0.2, -0.15) is 0 Å². The molecule has 0 radical (unpaired) electrons. The first-order valence-electron chi connectivity index (χ1n) is 5.15. The molecule has 1 unspecified atom stereocenters. The van der Waals surface area contributed by atoms with E-state index in [4.69, 9.17) is 18.0 Å². The SMILES string of the molecule is Cc1cccc(NC(=O)C(C)CC(N)=S)c1. The maximum Gasteiger partial charge on any atom is 0.227 e. The highest BCUT2D eigenvalue weighted by Gasteiger charge is 2.13. The predicted octanol–water partition coefficient (Wildman–Crippen LogP) is 2.25. The van der Waals surface area contributed by atoms with Gasteiger partial charge >= 0.3 is 0 Å². The fourth-order valence-corrected chi connectivity index (χ4v) is 1.63. The molecule has 0 aliphatic rings. The molecule has 86 valence electrons. The molecule has 1 rings (SSSR count). The molecule has 0 aliphatic carbocycles. The van der Waals surface area contributed by atoms with Gasteiger partial charge in [0, 0.05) is 18.0 Å². The smallest absolute Gasteiger partial charge is 0.227 e. The number of nitrogens with one attached hydrogen (secondary N) is 1. The number of carbonyl (C=O) groups is 1. The van der Waals surface area contributed by atoms with E-state index in [1.54, 1.807) is 0 Å². The van der Waals surface area contributed by atoms with E-state index in [0.717, 1.165) is 11.3 Å². The molecule has 0 aromatic heterocycles. The second-order valence-electron chi connectivity index (χ2n) is 3.93. The lowest BCUT2D eigenvalue weighted by molar-refractivity contribution is -0.119. The Labute approximate surface area is 101 Å². The third kappa shape index (κ3) is 3.98. The minimum atomic E-state index is -0.196. The molecule has 1 aromatic rings. The zero-order chi connectivity index (χ0) is 12.1. The summed E-state index contributed by atoms with van der Waals surface area (Å²) in [5, 5.41) is 2.83. The molecule has 1 amide bonds. The molecule has 0 heterocycles. The van der Waals surface area contributed by atoms with Crippen molar-refractivity contribution in [2.75, 3.05) is 5.32 Å². The Hall–Kier alpha value is -1.42. The van der Waals surface area contributed by atoms with Gasteiger partial charge in [-0.05, 0) is 24.6 Å². The molecular formula is C12H16N2OS. The van der Waals surface area contributed by atoms with Crippen molar-refractivity contribution < 1.29 is 4.79 Å². The summed E-state index contributed by atoms with van der Waals surface area (Å²) in [7, 11) is 0. The average Bonchev–Trinajstić information content (AvgIpc) is 2.16. The fourth-order valence-electron chi connectivity index (χ4n) is 1.38. The number of rotatable bonds is 4. The first kappa shape index (κ1) is 12.6. The van der Waals surface area contributed by atoms with Crippen LogP contribution in [-0.2, 0) is 4.79 Å². The van der Waals surface area contributed by atoms with Gasteiger partial charge in [-0.15, -0.1) is 0 Å². The third-order valence-corrected chi connectivity index (χ3v) is 2.41. The number of benzene rings is 1. The number of anilines is 1. The lowest BCUT2D eigenvalue weighted by Gasteiger charge is -2.11. The van der Waals surface area contributed by atoms with Gasteiger partial charge in [0.25, 0.3) is 0 Å². The van der Waals surface area contributed by atoms with Crippen LogP contribution in [0.15, 0.2) is 24.3 Å². The van der Waals surface area contributed by atoms with E-state index in [9.17, 15) is 4.79 Å². The molecule has 0 saturated carbocycles. The molecule has 0 saturated heterocycles. The molecule has 3 nitrogen and oxygen atoms in total.